The summed E-state index contributed by atoms with van der Waals surface area (Å²) in [6.45, 7) is 4.75. The maximum Gasteiger partial charge on any atom is 0.201 e. The Hall–Kier alpha value is -2.24. The number of ether oxygens (including phenoxy) is 1. The molecule has 5 nitrogen and oxygen atoms in total. The lowest BCUT2D eigenvalue weighted by atomic mass is 10.1. The third-order valence-electron chi connectivity index (χ3n) is 4.18. The maximum absolute atomic E-state index is 12.4. The van der Waals surface area contributed by atoms with Crippen molar-refractivity contribution in [2.75, 3.05) is 25.1 Å². The quantitative estimate of drug-likeness (QED) is 0.572. The van der Waals surface area contributed by atoms with Gasteiger partial charge in [0.15, 0.2) is 18.0 Å². The highest BCUT2D eigenvalue weighted by atomic mass is 35.5. The summed E-state index contributed by atoms with van der Waals surface area (Å²) in [6.07, 6.45) is 1.93. The molecule has 0 saturated carbocycles. The number of nitrogens with zero attached hydrogens (tertiary/aromatic N) is 3. The van der Waals surface area contributed by atoms with Gasteiger partial charge in [0.2, 0.25) is 5.78 Å². The number of hydrogen-bond donors (Lipinski definition) is 0. The first-order chi connectivity index (χ1) is 12.4. The van der Waals surface area contributed by atoms with Crippen LogP contribution < -0.4 is 9.64 Å². The number of benzene rings is 1. The average molecular weight is 392 g/mol. The van der Waals surface area contributed by atoms with Crippen LogP contribution in [0.25, 0.3) is 5.65 Å². The molecule has 7 heteroatoms. The highest BCUT2D eigenvalue weighted by Crippen LogP contribution is 2.27. The molecule has 0 N–H and O–H groups in total. The zero-order valence-electron chi connectivity index (χ0n) is 14.8. The van der Waals surface area contributed by atoms with E-state index in [4.69, 9.17) is 27.9 Å². The Labute approximate surface area is 162 Å². The van der Waals surface area contributed by atoms with Crippen LogP contribution in [-0.2, 0) is 0 Å². The van der Waals surface area contributed by atoms with E-state index in [1.807, 2.05) is 30.6 Å². The minimum atomic E-state index is -0.220. The lowest BCUT2D eigenvalue weighted by Crippen LogP contribution is -2.18. The van der Waals surface area contributed by atoms with Crippen LogP contribution in [0.3, 0.4) is 0 Å². The van der Waals surface area contributed by atoms with E-state index in [1.165, 1.54) is 0 Å². The predicted octanol–water partition coefficient (Wildman–Crippen LogP) is 4.67. The van der Waals surface area contributed by atoms with Gasteiger partial charge < -0.3 is 9.64 Å². The van der Waals surface area contributed by atoms with Gasteiger partial charge in [-0.05, 0) is 44.2 Å². The summed E-state index contributed by atoms with van der Waals surface area (Å²) in [7, 11) is 2.01. The molecule has 1 aromatic carbocycles. The maximum atomic E-state index is 12.4. The monoisotopic (exact) mass is 391 g/mol. The zero-order valence-corrected chi connectivity index (χ0v) is 16.3. The first-order valence-electron chi connectivity index (χ1n) is 8.22. The zero-order chi connectivity index (χ0) is 18.8. The number of Topliss-reactive ketones (excluding diaryl/α,β-unsaturated/α-hetero) is 1. The first-order valence-corrected chi connectivity index (χ1v) is 8.97. The lowest BCUT2D eigenvalue weighted by Gasteiger charge is -2.17. The number of aromatic nitrogens is 2. The van der Waals surface area contributed by atoms with E-state index < -0.39 is 0 Å². The molecule has 3 aromatic rings. The van der Waals surface area contributed by atoms with Crippen molar-refractivity contribution >= 4 is 40.5 Å². The summed E-state index contributed by atoms with van der Waals surface area (Å²) in [5.74, 6) is 1.33. The molecule has 0 unspecified atom stereocenters. The molecule has 2 heterocycles. The van der Waals surface area contributed by atoms with E-state index in [0.717, 1.165) is 18.1 Å². The van der Waals surface area contributed by atoms with Crippen molar-refractivity contribution in [3.63, 3.8) is 0 Å². The minimum Gasteiger partial charge on any atom is -0.482 e. The molecule has 0 atom stereocenters. The van der Waals surface area contributed by atoms with E-state index >= 15 is 0 Å². The number of carbonyl (C=O) groups is 1. The Balaban J connectivity index is 1.86. The van der Waals surface area contributed by atoms with Crippen molar-refractivity contribution in [2.24, 2.45) is 0 Å². The highest BCUT2D eigenvalue weighted by molar-refractivity contribution is 6.36. The molecule has 136 valence electrons. The third-order valence-corrected chi connectivity index (χ3v) is 4.73. The molecular weight excluding hydrogens is 373 g/mol. The molecule has 0 saturated heterocycles. The van der Waals surface area contributed by atoms with Gasteiger partial charge in [-0.15, -0.1) is 0 Å². The Morgan fingerprint density at radius 3 is 2.77 bits per heavy atom. The number of fused-ring (bicyclic) bond motifs is 1. The fourth-order valence-electron chi connectivity index (χ4n) is 2.80. The van der Waals surface area contributed by atoms with Crippen molar-refractivity contribution in [2.45, 2.75) is 13.8 Å². The van der Waals surface area contributed by atoms with Crippen LogP contribution in [0.15, 0.2) is 36.5 Å². The van der Waals surface area contributed by atoms with Crippen molar-refractivity contribution in [1.29, 1.82) is 0 Å². The van der Waals surface area contributed by atoms with Crippen molar-refractivity contribution < 1.29 is 9.53 Å². The largest absolute Gasteiger partial charge is 0.482 e. The second-order valence-electron chi connectivity index (χ2n) is 5.94. The molecule has 2 aromatic heterocycles. The number of halogens is 2. The molecule has 3 rings (SSSR count). The number of anilines is 1. The van der Waals surface area contributed by atoms with Gasteiger partial charge in [-0.3, -0.25) is 9.20 Å². The van der Waals surface area contributed by atoms with Crippen molar-refractivity contribution in [1.82, 2.24) is 9.38 Å². The van der Waals surface area contributed by atoms with Crippen LogP contribution in [-0.4, -0.2) is 35.4 Å². The topological polar surface area (TPSA) is 46.8 Å². The van der Waals surface area contributed by atoms with Crippen LogP contribution in [0.4, 0.5) is 5.82 Å². The second kappa shape index (κ2) is 7.56. The van der Waals surface area contributed by atoms with Crippen molar-refractivity contribution in [3.8, 4) is 5.75 Å². The highest BCUT2D eigenvalue weighted by Gasteiger charge is 2.17. The van der Waals surface area contributed by atoms with E-state index in [1.54, 1.807) is 24.3 Å². The summed E-state index contributed by atoms with van der Waals surface area (Å²) in [4.78, 5) is 19.1. The van der Waals surface area contributed by atoms with E-state index in [-0.39, 0.29) is 12.4 Å². The molecular formula is C19H19Cl2N3O2. The molecule has 26 heavy (non-hydrogen) atoms. The Bertz CT molecular complexity index is 969. The van der Waals surface area contributed by atoms with Gasteiger partial charge in [-0.25, -0.2) is 4.98 Å². The lowest BCUT2D eigenvalue weighted by molar-refractivity contribution is 0.0922. The number of aryl methyl sites for hydroxylation is 1. The standard InChI is InChI=1S/C19H19Cl2N3O2/c1-4-23(3)19-12(2)22-18-17(6-5-9-24(18)19)26-11-16(25)14-8-7-13(20)10-15(14)21/h5-10H,4,11H2,1-3H3. The van der Waals surface area contributed by atoms with E-state index in [0.29, 0.717) is 27.0 Å². The number of pyridine rings is 1. The van der Waals surface area contributed by atoms with Gasteiger partial charge in [0.1, 0.15) is 5.82 Å². The number of hydrogen-bond acceptors (Lipinski definition) is 4. The summed E-state index contributed by atoms with van der Waals surface area (Å²) in [6, 6.07) is 8.45. The van der Waals surface area contributed by atoms with Gasteiger partial charge >= 0.3 is 0 Å². The number of carbonyl (C=O) groups excluding carboxylic acids is 1. The van der Waals surface area contributed by atoms with Crippen molar-refractivity contribution in [3.05, 3.63) is 57.8 Å². The smallest absolute Gasteiger partial charge is 0.201 e. The van der Waals surface area contributed by atoms with Gasteiger partial charge in [0.05, 0.1) is 10.7 Å². The second-order valence-corrected chi connectivity index (χ2v) is 6.78. The van der Waals surface area contributed by atoms with Crippen LogP contribution in [0.1, 0.15) is 23.0 Å². The van der Waals surface area contributed by atoms with Gasteiger partial charge in [0.25, 0.3) is 0 Å². The summed E-state index contributed by atoms with van der Waals surface area (Å²) in [5.41, 5.74) is 1.96. The normalized spacial score (nSPS) is 11.0. The van der Waals surface area contributed by atoms with Crippen LogP contribution in [0.5, 0.6) is 5.75 Å². The van der Waals surface area contributed by atoms with Gasteiger partial charge in [-0.2, -0.15) is 0 Å². The van der Waals surface area contributed by atoms with Gasteiger partial charge in [0, 0.05) is 30.4 Å². The number of ketones is 1. The molecule has 0 aliphatic heterocycles. The number of rotatable bonds is 6. The molecule has 0 aliphatic rings. The third kappa shape index (κ3) is 3.50. The summed E-state index contributed by atoms with van der Waals surface area (Å²) < 4.78 is 7.73. The van der Waals surface area contributed by atoms with E-state index in [2.05, 4.69) is 16.8 Å². The molecule has 0 bridgehead atoms. The Kier molecular flexibility index (Phi) is 5.39. The fraction of sp³-hybridized carbons (Fsp3) is 0.263. The molecule has 0 aliphatic carbocycles. The molecule has 0 fully saturated rings. The predicted molar refractivity (Wildman–Crippen MR) is 105 cm³/mol. The number of imidazole rings is 1. The minimum absolute atomic E-state index is 0.133. The summed E-state index contributed by atoms with van der Waals surface area (Å²) in [5, 5.41) is 0.797. The Morgan fingerprint density at radius 2 is 2.08 bits per heavy atom. The summed E-state index contributed by atoms with van der Waals surface area (Å²) >= 11 is 12.0. The first kappa shape index (κ1) is 18.5. The van der Waals surface area contributed by atoms with Crippen LogP contribution in [0, 0.1) is 6.92 Å². The van der Waals surface area contributed by atoms with Gasteiger partial charge in [-0.1, -0.05) is 23.2 Å². The Morgan fingerprint density at radius 1 is 1.31 bits per heavy atom. The fourth-order valence-corrected chi connectivity index (χ4v) is 3.32. The molecule has 0 radical (unpaired) electrons. The van der Waals surface area contributed by atoms with Crippen LogP contribution in [0.2, 0.25) is 10.0 Å². The van der Waals surface area contributed by atoms with Crippen LogP contribution >= 0.6 is 23.2 Å². The SMILES string of the molecule is CCN(C)c1c(C)nc2c(OCC(=O)c3ccc(Cl)cc3Cl)cccn12. The average Bonchev–Trinajstić information content (AvgIpc) is 2.95. The van der Waals surface area contributed by atoms with E-state index in [9.17, 15) is 4.79 Å². The molecule has 0 spiro atoms. The molecule has 0 amide bonds.